The number of ether oxygens (including phenoxy) is 1. The van der Waals surface area contributed by atoms with Crippen molar-refractivity contribution in [2.75, 3.05) is 18.1 Å². The van der Waals surface area contributed by atoms with E-state index in [2.05, 4.69) is 5.32 Å². The molecular weight excluding hydrogens is 394 g/mol. The standard InChI is InChI=1S/C24H33N3O4/c1-17(11-12-18-7-6-16-31-18)25-21(28)10-5-15-26-23(30)19-8-3-4-9-20(19)27-22(29)13-14-24(26,27)2/h3-4,8-9,17-18H,5-7,10-16H2,1-2H3,(H,25,28). The molecule has 3 amide bonds. The van der Waals surface area contributed by atoms with Crippen LogP contribution in [0.3, 0.4) is 0 Å². The van der Waals surface area contributed by atoms with Gasteiger partial charge in [0.2, 0.25) is 11.8 Å². The van der Waals surface area contributed by atoms with Crippen LogP contribution in [0.2, 0.25) is 0 Å². The van der Waals surface area contributed by atoms with E-state index in [9.17, 15) is 14.4 Å². The van der Waals surface area contributed by atoms with Crippen molar-refractivity contribution in [2.24, 2.45) is 0 Å². The number of benzene rings is 1. The molecule has 3 aliphatic heterocycles. The molecule has 2 fully saturated rings. The number of amides is 3. The lowest BCUT2D eigenvalue weighted by molar-refractivity contribution is -0.122. The van der Waals surface area contributed by atoms with Crippen LogP contribution < -0.4 is 10.2 Å². The van der Waals surface area contributed by atoms with E-state index in [4.69, 9.17) is 4.74 Å². The minimum absolute atomic E-state index is 0.00852. The maximum atomic E-state index is 13.2. The molecule has 7 nitrogen and oxygen atoms in total. The normalized spacial score (nSPS) is 26.1. The molecule has 7 heteroatoms. The summed E-state index contributed by atoms with van der Waals surface area (Å²) in [6.07, 6.45) is 6.44. The first-order valence-corrected chi connectivity index (χ1v) is 11.5. The molecule has 0 radical (unpaired) electrons. The molecule has 0 spiro atoms. The number of anilines is 1. The lowest BCUT2D eigenvalue weighted by Gasteiger charge is -2.48. The molecule has 0 saturated carbocycles. The number of para-hydroxylation sites is 1. The largest absolute Gasteiger partial charge is 0.378 e. The predicted molar refractivity (Wildman–Crippen MR) is 118 cm³/mol. The van der Waals surface area contributed by atoms with E-state index < -0.39 is 5.66 Å². The molecule has 2 saturated heterocycles. The summed E-state index contributed by atoms with van der Waals surface area (Å²) < 4.78 is 5.65. The number of nitrogens with zero attached hydrogens (tertiary/aromatic N) is 2. The van der Waals surface area contributed by atoms with Crippen molar-refractivity contribution >= 4 is 23.4 Å². The van der Waals surface area contributed by atoms with Crippen molar-refractivity contribution < 1.29 is 19.1 Å². The summed E-state index contributed by atoms with van der Waals surface area (Å²) in [7, 11) is 0. The third kappa shape index (κ3) is 4.33. The molecule has 1 N–H and O–H groups in total. The fraction of sp³-hybridized carbons (Fsp3) is 0.625. The van der Waals surface area contributed by atoms with Crippen LogP contribution in [0, 0.1) is 0 Å². The molecular formula is C24H33N3O4. The molecule has 1 aromatic rings. The Kier molecular flexibility index (Phi) is 6.32. The first-order valence-electron chi connectivity index (χ1n) is 11.5. The molecule has 0 aliphatic carbocycles. The van der Waals surface area contributed by atoms with Gasteiger partial charge in [-0.05, 0) is 64.5 Å². The summed E-state index contributed by atoms with van der Waals surface area (Å²) in [5, 5.41) is 3.07. The van der Waals surface area contributed by atoms with Crippen LogP contribution in [-0.2, 0) is 14.3 Å². The summed E-state index contributed by atoms with van der Waals surface area (Å²) in [5.41, 5.74) is 0.599. The molecule has 3 atom stereocenters. The van der Waals surface area contributed by atoms with Gasteiger partial charge in [-0.2, -0.15) is 0 Å². The van der Waals surface area contributed by atoms with Gasteiger partial charge in [-0.15, -0.1) is 0 Å². The van der Waals surface area contributed by atoms with Crippen LogP contribution in [0.5, 0.6) is 0 Å². The van der Waals surface area contributed by atoms with E-state index in [1.807, 2.05) is 32.0 Å². The number of nitrogens with one attached hydrogen (secondary N) is 1. The molecule has 168 valence electrons. The Bertz CT molecular complexity index is 851. The van der Waals surface area contributed by atoms with Gasteiger partial charge in [-0.3, -0.25) is 19.3 Å². The Balaban J connectivity index is 1.32. The Morgan fingerprint density at radius 2 is 2.13 bits per heavy atom. The molecule has 1 aromatic carbocycles. The van der Waals surface area contributed by atoms with Crippen molar-refractivity contribution in [2.45, 2.75) is 83.0 Å². The van der Waals surface area contributed by atoms with Gasteiger partial charge in [0.05, 0.1) is 17.4 Å². The summed E-state index contributed by atoms with van der Waals surface area (Å²) in [4.78, 5) is 41.8. The van der Waals surface area contributed by atoms with Gasteiger partial charge in [0.1, 0.15) is 5.66 Å². The average Bonchev–Trinajstić information content (AvgIpc) is 3.37. The van der Waals surface area contributed by atoms with Crippen LogP contribution in [0.15, 0.2) is 24.3 Å². The predicted octanol–water partition coefficient (Wildman–Crippen LogP) is 3.23. The topological polar surface area (TPSA) is 79.0 Å². The summed E-state index contributed by atoms with van der Waals surface area (Å²) in [6.45, 7) is 5.29. The number of fused-ring (bicyclic) bond motifs is 3. The monoisotopic (exact) mass is 427 g/mol. The van der Waals surface area contributed by atoms with E-state index in [1.165, 1.54) is 0 Å². The highest BCUT2D eigenvalue weighted by atomic mass is 16.5. The van der Waals surface area contributed by atoms with Gasteiger partial charge in [0.25, 0.3) is 5.91 Å². The third-order valence-electron chi connectivity index (χ3n) is 6.88. The summed E-state index contributed by atoms with van der Waals surface area (Å²) >= 11 is 0. The average molecular weight is 428 g/mol. The summed E-state index contributed by atoms with van der Waals surface area (Å²) in [6, 6.07) is 7.41. The van der Waals surface area contributed by atoms with Crippen molar-refractivity contribution in [1.82, 2.24) is 10.2 Å². The van der Waals surface area contributed by atoms with Gasteiger partial charge in [0, 0.05) is 32.0 Å². The molecule has 3 unspecified atom stereocenters. The molecule has 0 aromatic heterocycles. The smallest absolute Gasteiger partial charge is 0.257 e. The minimum Gasteiger partial charge on any atom is -0.378 e. The highest BCUT2D eigenvalue weighted by molar-refractivity contribution is 6.10. The van der Waals surface area contributed by atoms with Crippen LogP contribution in [-0.4, -0.2) is 53.6 Å². The van der Waals surface area contributed by atoms with E-state index in [0.717, 1.165) is 32.3 Å². The number of carbonyl (C=O) groups is 3. The highest BCUT2D eigenvalue weighted by Gasteiger charge is 2.52. The van der Waals surface area contributed by atoms with E-state index in [1.54, 1.807) is 15.9 Å². The second-order valence-electron chi connectivity index (χ2n) is 9.20. The lowest BCUT2D eigenvalue weighted by Crippen LogP contribution is -2.62. The minimum atomic E-state index is -0.659. The van der Waals surface area contributed by atoms with Crippen LogP contribution in [0.1, 0.15) is 75.6 Å². The maximum absolute atomic E-state index is 13.2. The lowest BCUT2D eigenvalue weighted by atomic mass is 9.98. The molecule has 3 heterocycles. The van der Waals surface area contributed by atoms with Gasteiger partial charge in [0.15, 0.2) is 0 Å². The van der Waals surface area contributed by atoms with Crippen molar-refractivity contribution in [3.8, 4) is 0 Å². The maximum Gasteiger partial charge on any atom is 0.257 e. The van der Waals surface area contributed by atoms with Crippen molar-refractivity contribution in [3.63, 3.8) is 0 Å². The fourth-order valence-corrected chi connectivity index (χ4v) is 5.17. The first kappa shape index (κ1) is 21.8. The summed E-state index contributed by atoms with van der Waals surface area (Å²) in [5.74, 6) is -0.00569. The molecule has 3 aliphatic rings. The second kappa shape index (κ2) is 8.99. The number of rotatable bonds is 8. The van der Waals surface area contributed by atoms with Crippen LogP contribution >= 0.6 is 0 Å². The Morgan fingerprint density at radius 1 is 1.32 bits per heavy atom. The van der Waals surface area contributed by atoms with E-state index >= 15 is 0 Å². The third-order valence-corrected chi connectivity index (χ3v) is 6.88. The fourth-order valence-electron chi connectivity index (χ4n) is 5.17. The zero-order valence-electron chi connectivity index (χ0n) is 18.6. The van der Waals surface area contributed by atoms with Gasteiger partial charge in [-0.25, -0.2) is 0 Å². The Labute approximate surface area is 184 Å². The molecule has 31 heavy (non-hydrogen) atoms. The van der Waals surface area contributed by atoms with Crippen LogP contribution in [0.25, 0.3) is 0 Å². The van der Waals surface area contributed by atoms with Crippen molar-refractivity contribution in [1.29, 1.82) is 0 Å². The van der Waals surface area contributed by atoms with E-state index in [0.29, 0.717) is 49.6 Å². The number of hydrogen-bond donors (Lipinski definition) is 1. The van der Waals surface area contributed by atoms with Gasteiger partial charge in [-0.1, -0.05) is 12.1 Å². The Hall–Kier alpha value is -2.41. The van der Waals surface area contributed by atoms with Crippen molar-refractivity contribution in [3.05, 3.63) is 29.8 Å². The van der Waals surface area contributed by atoms with E-state index in [-0.39, 0.29) is 23.8 Å². The van der Waals surface area contributed by atoms with Crippen LogP contribution in [0.4, 0.5) is 5.69 Å². The zero-order valence-corrected chi connectivity index (χ0v) is 18.6. The first-order chi connectivity index (χ1) is 14.9. The Morgan fingerprint density at radius 3 is 2.90 bits per heavy atom. The zero-order chi connectivity index (χ0) is 22.0. The number of hydrogen-bond acceptors (Lipinski definition) is 4. The SMILES string of the molecule is CC(CCC1CCCO1)NC(=O)CCCN1C(=O)c2ccccc2N2C(=O)CCC12C. The van der Waals surface area contributed by atoms with Gasteiger partial charge < -0.3 is 15.0 Å². The highest BCUT2D eigenvalue weighted by Crippen LogP contribution is 2.44. The molecule has 0 bridgehead atoms. The number of carbonyl (C=O) groups excluding carboxylic acids is 3. The second-order valence-corrected chi connectivity index (χ2v) is 9.20. The van der Waals surface area contributed by atoms with Gasteiger partial charge >= 0.3 is 0 Å². The molecule has 4 rings (SSSR count). The quantitative estimate of drug-likeness (QED) is 0.691.